The van der Waals surface area contributed by atoms with Gasteiger partial charge in [-0.15, -0.1) is 0 Å². The lowest BCUT2D eigenvalue weighted by molar-refractivity contribution is 0.0732. The average molecular weight is 260 g/mol. The molecule has 0 unspecified atom stereocenters. The lowest BCUT2D eigenvalue weighted by Crippen LogP contribution is -2.27. The number of nitrogen functional groups attached to an aromatic ring is 1. The zero-order chi connectivity index (χ0) is 13.2. The molecular weight excluding hydrogens is 244 g/mol. The van der Waals surface area contributed by atoms with Gasteiger partial charge in [0.2, 0.25) is 5.95 Å². The van der Waals surface area contributed by atoms with Crippen molar-refractivity contribution in [3.8, 4) is 0 Å². The first-order valence-corrected chi connectivity index (χ1v) is 6.25. The van der Waals surface area contributed by atoms with Crippen molar-refractivity contribution in [3.05, 3.63) is 30.0 Å². The highest BCUT2D eigenvalue weighted by Crippen LogP contribution is 2.36. The molecule has 3 rings (SSSR count). The maximum absolute atomic E-state index is 9.34. The molecule has 0 radical (unpaired) electrons. The van der Waals surface area contributed by atoms with Crippen LogP contribution in [0.4, 0.5) is 11.8 Å². The number of nitrogens with one attached hydrogen (secondary N) is 2. The fourth-order valence-electron chi connectivity index (χ4n) is 2.18. The van der Waals surface area contributed by atoms with Crippen LogP contribution in [0.5, 0.6) is 0 Å². The maximum atomic E-state index is 9.34. The molecule has 1 saturated carbocycles. The fraction of sp³-hybridized carbons (Fsp3) is 0.417. The molecule has 19 heavy (non-hydrogen) atoms. The smallest absolute Gasteiger partial charge is 0.222 e. The molecule has 0 bridgehead atoms. The monoisotopic (exact) mass is 260 g/mol. The van der Waals surface area contributed by atoms with Crippen LogP contribution in [0.15, 0.2) is 18.5 Å². The molecular formula is C12H16N6O. The van der Waals surface area contributed by atoms with E-state index in [0.717, 1.165) is 24.4 Å². The standard InChI is InChI=1S/C12H16N6O/c13-12-17-9(7-3-8(19)4-7)5-10(18-12)16-6-11-14-1-2-15-11/h1-2,5,7-8,19H,3-4,6H2,(H,14,15)(H3,13,16,17,18). The van der Waals surface area contributed by atoms with Gasteiger partial charge < -0.3 is 21.1 Å². The summed E-state index contributed by atoms with van der Waals surface area (Å²) in [7, 11) is 0. The number of anilines is 2. The van der Waals surface area contributed by atoms with Crippen molar-refractivity contribution in [3.63, 3.8) is 0 Å². The van der Waals surface area contributed by atoms with Crippen molar-refractivity contribution in [1.29, 1.82) is 0 Å². The van der Waals surface area contributed by atoms with Crippen LogP contribution < -0.4 is 11.1 Å². The highest BCUT2D eigenvalue weighted by Gasteiger charge is 2.30. The van der Waals surface area contributed by atoms with E-state index in [9.17, 15) is 5.11 Å². The molecule has 0 aliphatic heterocycles. The molecule has 0 atom stereocenters. The fourth-order valence-corrected chi connectivity index (χ4v) is 2.18. The summed E-state index contributed by atoms with van der Waals surface area (Å²) in [6.07, 6.45) is 4.75. The van der Waals surface area contributed by atoms with Crippen LogP contribution in [-0.4, -0.2) is 31.1 Å². The van der Waals surface area contributed by atoms with E-state index in [1.807, 2.05) is 6.07 Å². The minimum Gasteiger partial charge on any atom is -0.393 e. The van der Waals surface area contributed by atoms with Gasteiger partial charge >= 0.3 is 0 Å². The second-order valence-electron chi connectivity index (χ2n) is 4.75. The summed E-state index contributed by atoms with van der Waals surface area (Å²) in [5, 5.41) is 12.5. The largest absolute Gasteiger partial charge is 0.393 e. The Morgan fingerprint density at radius 3 is 2.95 bits per heavy atom. The SMILES string of the molecule is Nc1nc(NCc2ncc[nH]2)cc(C2CC(O)C2)n1. The first-order valence-electron chi connectivity index (χ1n) is 6.25. The lowest BCUT2D eigenvalue weighted by atomic mass is 9.80. The quantitative estimate of drug-likeness (QED) is 0.641. The molecule has 100 valence electrons. The number of H-pyrrole nitrogens is 1. The Morgan fingerprint density at radius 1 is 1.42 bits per heavy atom. The van der Waals surface area contributed by atoms with Gasteiger partial charge in [0.25, 0.3) is 0 Å². The van der Waals surface area contributed by atoms with Crippen LogP contribution in [0, 0.1) is 0 Å². The first-order chi connectivity index (χ1) is 9.20. The number of aromatic amines is 1. The third-order valence-electron chi connectivity index (χ3n) is 3.29. The van der Waals surface area contributed by atoms with E-state index in [1.165, 1.54) is 0 Å². The van der Waals surface area contributed by atoms with Crippen LogP contribution in [-0.2, 0) is 6.54 Å². The molecule has 7 nitrogen and oxygen atoms in total. The molecule has 0 amide bonds. The van der Waals surface area contributed by atoms with Gasteiger partial charge in [-0.05, 0) is 12.8 Å². The number of aliphatic hydroxyl groups is 1. The topological polar surface area (TPSA) is 113 Å². The highest BCUT2D eigenvalue weighted by atomic mass is 16.3. The number of nitrogens with two attached hydrogens (primary N) is 1. The Balaban J connectivity index is 1.70. The Morgan fingerprint density at radius 2 is 2.26 bits per heavy atom. The van der Waals surface area contributed by atoms with Gasteiger partial charge in [-0.2, -0.15) is 4.98 Å². The van der Waals surface area contributed by atoms with Gasteiger partial charge in [0, 0.05) is 24.4 Å². The minimum atomic E-state index is -0.208. The molecule has 1 aliphatic carbocycles. The Kier molecular flexibility index (Phi) is 3.04. The molecule has 7 heteroatoms. The van der Waals surface area contributed by atoms with E-state index in [1.54, 1.807) is 12.4 Å². The number of hydrogen-bond donors (Lipinski definition) is 4. The molecule has 1 aliphatic rings. The summed E-state index contributed by atoms with van der Waals surface area (Å²) in [6, 6.07) is 1.88. The third kappa shape index (κ3) is 2.65. The molecule has 2 aromatic rings. The Bertz CT molecular complexity index is 549. The number of rotatable bonds is 4. The summed E-state index contributed by atoms with van der Waals surface area (Å²) >= 11 is 0. The molecule has 2 heterocycles. The minimum absolute atomic E-state index is 0.208. The van der Waals surface area contributed by atoms with E-state index in [2.05, 4.69) is 25.3 Å². The first kappa shape index (κ1) is 11.9. The van der Waals surface area contributed by atoms with Crippen LogP contribution in [0.1, 0.15) is 30.3 Å². The number of nitrogens with zero attached hydrogens (tertiary/aromatic N) is 3. The number of aromatic nitrogens is 4. The molecule has 0 spiro atoms. The van der Waals surface area contributed by atoms with E-state index in [-0.39, 0.29) is 18.0 Å². The van der Waals surface area contributed by atoms with Gasteiger partial charge in [-0.3, -0.25) is 0 Å². The predicted molar refractivity (Wildman–Crippen MR) is 70.3 cm³/mol. The van der Waals surface area contributed by atoms with Gasteiger partial charge in [0.1, 0.15) is 11.6 Å². The molecule has 5 N–H and O–H groups in total. The van der Waals surface area contributed by atoms with Crippen molar-refractivity contribution in [1.82, 2.24) is 19.9 Å². The van der Waals surface area contributed by atoms with E-state index in [4.69, 9.17) is 5.73 Å². The zero-order valence-electron chi connectivity index (χ0n) is 10.4. The number of aliphatic hydroxyl groups excluding tert-OH is 1. The second kappa shape index (κ2) is 4.85. The van der Waals surface area contributed by atoms with E-state index >= 15 is 0 Å². The average Bonchev–Trinajstić information content (AvgIpc) is 2.85. The van der Waals surface area contributed by atoms with Crippen LogP contribution in [0.25, 0.3) is 0 Å². The van der Waals surface area contributed by atoms with Crippen molar-refractivity contribution in [2.45, 2.75) is 31.4 Å². The second-order valence-corrected chi connectivity index (χ2v) is 4.75. The number of hydrogen-bond acceptors (Lipinski definition) is 6. The molecule has 0 saturated heterocycles. The van der Waals surface area contributed by atoms with Gasteiger partial charge in [-0.25, -0.2) is 9.97 Å². The van der Waals surface area contributed by atoms with E-state index < -0.39 is 0 Å². The summed E-state index contributed by atoms with van der Waals surface area (Å²) in [4.78, 5) is 15.5. The third-order valence-corrected chi connectivity index (χ3v) is 3.29. The summed E-state index contributed by atoms with van der Waals surface area (Å²) < 4.78 is 0. The van der Waals surface area contributed by atoms with Crippen LogP contribution in [0.3, 0.4) is 0 Å². The molecule has 1 fully saturated rings. The molecule has 0 aromatic carbocycles. The van der Waals surface area contributed by atoms with Gasteiger partial charge in [-0.1, -0.05) is 0 Å². The maximum Gasteiger partial charge on any atom is 0.222 e. The highest BCUT2D eigenvalue weighted by molar-refractivity contribution is 5.42. The van der Waals surface area contributed by atoms with Crippen LogP contribution in [0.2, 0.25) is 0 Å². The zero-order valence-corrected chi connectivity index (χ0v) is 10.4. The predicted octanol–water partition coefficient (Wildman–Crippen LogP) is 0.632. The van der Waals surface area contributed by atoms with Crippen molar-refractivity contribution < 1.29 is 5.11 Å². The number of imidazole rings is 1. The summed E-state index contributed by atoms with van der Waals surface area (Å²) in [6.45, 7) is 0.552. The van der Waals surface area contributed by atoms with Crippen LogP contribution >= 0.6 is 0 Å². The van der Waals surface area contributed by atoms with Gasteiger partial charge in [0.05, 0.1) is 18.3 Å². The Labute approximate surface area is 110 Å². The van der Waals surface area contributed by atoms with Crippen molar-refractivity contribution in [2.24, 2.45) is 0 Å². The lowest BCUT2D eigenvalue weighted by Gasteiger charge is -2.30. The summed E-state index contributed by atoms with van der Waals surface area (Å²) in [5.74, 6) is 2.04. The van der Waals surface area contributed by atoms with Gasteiger partial charge in [0.15, 0.2) is 0 Å². The normalized spacial score (nSPS) is 21.9. The molecule has 2 aromatic heterocycles. The Hall–Kier alpha value is -2.15. The van der Waals surface area contributed by atoms with E-state index in [0.29, 0.717) is 12.4 Å². The summed E-state index contributed by atoms with van der Waals surface area (Å²) in [5.41, 5.74) is 6.60. The van der Waals surface area contributed by atoms with Crippen molar-refractivity contribution >= 4 is 11.8 Å². The van der Waals surface area contributed by atoms with Crippen molar-refractivity contribution in [2.75, 3.05) is 11.1 Å².